The van der Waals surface area contributed by atoms with Gasteiger partial charge in [-0.25, -0.2) is 4.98 Å². The van der Waals surface area contributed by atoms with Gasteiger partial charge in [-0.3, -0.25) is 0 Å². The zero-order valence-corrected chi connectivity index (χ0v) is 7.95. The summed E-state index contributed by atoms with van der Waals surface area (Å²) in [5.41, 5.74) is 6.82. The highest BCUT2D eigenvalue weighted by atomic mass is 16.5. The molecule has 0 spiro atoms. The van der Waals surface area contributed by atoms with Crippen LogP contribution in [0.5, 0.6) is 5.88 Å². The average Bonchev–Trinajstić information content (AvgIpc) is 2.02. The Hall–Kier alpha value is -1.09. The molecular formula is C10H14N2O. The standard InChI is InChI=1S/C10H14N2O/c1-10(2)6-8(11)7-4-3-5-12-9(7)13-10/h3-5,8H,6,11H2,1-2H3/t8-/m1/s1. The molecule has 3 heteroatoms. The lowest BCUT2D eigenvalue weighted by Crippen LogP contribution is -2.37. The molecule has 0 saturated heterocycles. The topological polar surface area (TPSA) is 48.1 Å². The van der Waals surface area contributed by atoms with E-state index in [0.717, 1.165) is 12.0 Å². The van der Waals surface area contributed by atoms with Crippen LogP contribution in [0.3, 0.4) is 0 Å². The van der Waals surface area contributed by atoms with E-state index in [9.17, 15) is 0 Å². The Balaban J connectivity index is 2.43. The minimum absolute atomic E-state index is 0.0486. The molecule has 0 aliphatic carbocycles. The SMILES string of the molecule is CC1(C)C[C@@H](N)c2cccnc2O1. The van der Waals surface area contributed by atoms with Crippen molar-refractivity contribution in [3.05, 3.63) is 23.9 Å². The first-order chi connectivity index (χ1) is 6.08. The van der Waals surface area contributed by atoms with E-state index >= 15 is 0 Å². The van der Waals surface area contributed by atoms with Crippen LogP contribution in [-0.2, 0) is 0 Å². The lowest BCUT2D eigenvalue weighted by atomic mass is 9.92. The molecule has 13 heavy (non-hydrogen) atoms. The van der Waals surface area contributed by atoms with Crippen molar-refractivity contribution in [1.82, 2.24) is 4.98 Å². The van der Waals surface area contributed by atoms with E-state index in [4.69, 9.17) is 10.5 Å². The highest BCUT2D eigenvalue weighted by Gasteiger charge is 2.32. The molecule has 2 rings (SSSR count). The smallest absolute Gasteiger partial charge is 0.218 e. The van der Waals surface area contributed by atoms with E-state index in [1.165, 1.54) is 0 Å². The Kier molecular flexibility index (Phi) is 1.77. The Labute approximate surface area is 77.9 Å². The summed E-state index contributed by atoms with van der Waals surface area (Å²) >= 11 is 0. The van der Waals surface area contributed by atoms with Gasteiger partial charge in [-0.05, 0) is 19.9 Å². The number of hydrogen-bond donors (Lipinski definition) is 1. The molecule has 1 aromatic rings. The maximum atomic E-state index is 6.00. The van der Waals surface area contributed by atoms with Crippen molar-refractivity contribution >= 4 is 0 Å². The van der Waals surface area contributed by atoms with Crippen molar-refractivity contribution in [2.75, 3.05) is 0 Å². The van der Waals surface area contributed by atoms with Gasteiger partial charge < -0.3 is 10.5 Å². The zero-order chi connectivity index (χ0) is 9.47. The van der Waals surface area contributed by atoms with Crippen molar-refractivity contribution < 1.29 is 4.74 Å². The number of hydrogen-bond acceptors (Lipinski definition) is 3. The summed E-state index contributed by atoms with van der Waals surface area (Å²) < 4.78 is 5.70. The van der Waals surface area contributed by atoms with E-state index in [1.807, 2.05) is 26.0 Å². The normalized spacial score (nSPS) is 24.7. The second kappa shape index (κ2) is 2.70. The van der Waals surface area contributed by atoms with E-state index < -0.39 is 0 Å². The largest absolute Gasteiger partial charge is 0.471 e. The summed E-state index contributed by atoms with van der Waals surface area (Å²) in [4.78, 5) is 4.16. The minimum atomic E-state index is -0.194. The third kappa shape index (κ3) is 1.52. The first kappa shape index (κ1) is 8.51. The Morgan fingerprint density at radius 1 is 1.62 bits per heavy atom. The van der Waals surface area contributed by atoms with Crippen LogP contribution in [0, 0.1) is 0 Å². The van der Waals surface area contributed by atoms with Gasteiger partial charge in [-0.2, -0.15) is 0 Å². The molecule has 0 fully saturated rings. The number of pyridine rings is 1. The number of aromatic nitrogens is 1. The molecular weight excluding hydrogens is 164 g/mol. The summed E-state index contributed by atoms with van der Waals surface area (Å²) in [5, 5.41) is 0. The van der Waals surface area contributed by atoms with Crippen molar-refractivity contribution in [3.8, 4) is 5.88 Å². The third-order valence-corrected chi connectivity index (χ3v) is 2.28. The van der Waals surface area contributed by atoms with Crippen molar-refractivity contribution in [2.45, 2.75) is 31.9 Å². The van der Waals surface area contributed by atoms with Gasteiger partial charge in [0, 0.05) is 24.2 Å². The van der Waals surface area contributed by atoms with Crippen LogP contribution >= 0.6 is 0 Å². The van der Waals surface area contributed by atoms with Gasteiger partial charge in [-0.1, -0.05) is 6.07 Å². The number of ether oxygens (including phenoxy) is 1. The Bertz CT molecular complexity index is 322. The molecule has 1 aliphatic heterocycles. The molecule has 1 aromatic heterocycles. The van der Waals surface area contributed by atoms with Crippen LogP contribution in [0.2, 0.25) is 0 Å². The zero-order valence-electron chi connectivity index (χ0n) is 7.95. The summed E-state index contributed by atoms with van der Waals surface area (Å²) in [5.74, 6) is 0.686. The van der Waals surface area contributed by atoms with Crippen molar-refractivity contribution in [2.24, 2.45) is 5.73 Å². The molecule has 3 nitrogen and oxygen atoms in total. The van der Waals surface area contributed by atoms with E-state index in [2.05, 4.69) is 4.98 Å². The van der Waals surface area contributed by atoms with Gasteiger partial charge in [0.15, 0.2) is 0 Å². The van der Waals surface area contributed by atoms with Gasteiger partial charge >= 0.3 is 0 Å². The highest BCUT2D eigenvalue weighted by molar-refractivity contribution is 5.31. The van der Waals surface area contributed by atoms with Crippen LogP contribution < -0.4 is 10.5 Å². The summed E-state index contributed by atoms with van der Waals surface area (Å²) in [6.07, 6.45) is 2.57. The molecule has 1 aliphatic rings. The van der Waals surface area contributed by atoms with Crippen LogP contribution in [0.4, 0.5) is 0 Å². The van der Waals surface area contributed by atoms with Crippen LogP contribution in [0.15, 0.2) is 18.3 Å². The highest BCUT2D eigenvalue weighted by Crippen LogP contribution is 2.35. The second-order valence-electron chi connectivity index (χ2n) is 4.07. The van der Waals surface area contributed by atoms with Crippen LogP contribution in [-0.4, -0.2) is 10.6 Å². The lowest BCUT2D eigenvalue weighted by Gasteiger charge is -2.34. The fourth-order valence-electron chi connectivity index (χ4n) is 1.71. The van der Waals surface area contributed by atoms with Crippen LogP contribution in [0.1, 0.15) is 31.9 Å². The predicted octanol–water partition coefficient (Wildman–Crippen LogP) is 1.64. The number of nitrogens with two attached hydrogens (primary N) is 1. The minimum Gasteiger partial charge on any atom is -0.471 e. The van der Waals surface area contributed by atoms with E-state index in [-0.39, 0.29) is 11.6 Å². The monoisotopic (exact) mass is 178 g/mol. The molecule has 70 valence electrons. The van der Waals surface area contributed by atoms with Crippen molar-refractivity contribution in [1.29, 1.82) is 0 Å². The fraction of sp³-hybridized carbons (Fsp3) is 0.500. The maximum Gasteiger partial charge on any atom is 0.218 e. The molecule has 0 unspecified atom stereocenters. The number of fused-ring (bicyclic) bond motifs is 1. The van der Waals surface area contributed by atoms with Gasteiger partial charge in [0.2, 0.25) is 5.88 Å². The molecule has 0 radical (unpaired) electrons. The molecule has 0 saturated carbocycles. The van der Waals surface area contributed by atoms with Gasteiger partial charge in [0.1, 0.15) is 5.60 Å². The number of rotatable bonds is 0. The summed E-state index contributed by atoms with van der Waals surface area (Å²) in [6.45, 7) is 4.06. The molecule has 2 heterocycles. The first-order valence-electron chi connectivity index (χ1n) is 4.48. The summed E-state index contributed by atoms with van der Waals surface area (Å²) in [7, 11) is 0. The number of nitrogens with zero attached hydrogens (tertiary/aromatic N) is 1. The molecule has 0 bridgehead atoms. The Morgan fingerprint density at radius 2 is 2.38 bits per heavy atom. The van der Waals surface area contributed by atoms with Gasteiger partial charge in [0.05, 0.1) is 0 Å². The predicted molar refractivity (Wildman–Crippen MR) is 50.5 cm³/mol. The molecule has 0 amide bonds. The van der Waals surface area contributed by atoms with E-state index in [0.29, 0.717) is 5.88 Å². The van der Waals surface area contributed by atoms with Crippen molar-refractivity contribution in [3.63, 3.8) is 0 Å². The first-order valence-corrected chi connectivity index (χ1v) is 4.48. The lowest BCUT2D eigenvalue weighted by molar-refractivity contribution is 0.0667. The molecule has 2 N–H and O–H groups in total. The van der Waals surface area contributed by atoms with Crippen LogP contribution in [0.25, 0.3) is 0 Å². The summed E-state index contributed by atoms with van der Waals surface area (Å²) in [6, 6.07) is 3.91. The molecule has 1 atom stereocenters. The fourth-order valence-corrected chi connectivity index (χ4v) is 1.71. The second-order valence-corrected chi connectivity index (χ2v) is 4.07. The maximum absolute atomic E-state index is 6.00. The molecule has 0 aromatic carbocycles. The van der Waals surface area contributed by atoms with E-state index in [1.54, 1.807) is 6.20 Å². The third-order valence-electron chi connectivity index (χ3n) is 2.28. The van der Waals surface area contributed by atoms with Gasteiger partial charge in [-0.15, -0.1) is 0 Å². The Morgan fingerprint density at radius 3 is 3.15 bits per heavy atom. The average molecular weight is 178 g/mol. The van der Waals surface area contributed by atoms with Gasteiger partial charge in [0.25, 0.3) is 0 Å². The quantitative estimate of drug-likeness (QED) is 0.657.